The lowest BCUT2D eigenvalue weighted by atomic mass is 9.75. The summed E-state index contributed by atoms with van der Waals surface area (Å²) in [5, 5.41) is 2.37. The number of hydrogen-bond donors (Lipinski definition) is 2. The highest BCUT2D eigenvalue weighted by Crippen LogP contribution is 2.37. The van der Waals surface area contributed by atoms with Gasteiger partial charge in [0, 0.05) is 30.8 Å². The topological polar surface area (TPSA) is 118 Å². The minimum absolute atomic E-state index is 0.0381. The Labute approximate surface area is 206 Å². The fourth-order valence-corrected chi connectivity index (χ4v) is 5.54. The van der Waals surface area contributed by atoms with E-state index < -0.39 is 11.1 Å². The number of benzene rings is 1. The minimum atomic E-state index is -0.411. The summed E-state index contributed by atoms with van der Waals surface area (Å²) in [6.45, 7) is 6.11. The first kappa shape index (κ1) is 23.2. The van der Waals surface area contributed by atoms with E-state index in [1.54, 1.807) is 31.2 Å². The summed E-state index contributed by atoms with van der Waals surface area (Å²) in [4.78, 5) is 55.1. The number of Topliss-reactive ketones (excluding diaryl/α,β-unsaturated/α-hetero) is 1. The van der Waals surface area contributed by atoms with Crippen molar-refractivity contribution in [1.82, 2.24) is 15.2 Å². The highest BCUT2D eigenvalue weighted by molar-refractivity contribution is 8.18. The molecule has 3 heterocycles. The Kier molecular flexibility index (Phi) is 5.71. The summed E-state index contributed by atoms with van der Waals surface area (Å²) in [6, 6.07) is 5.29. The molecule has 1 aromatic carbocycles. The number of hydrogen-bond acceptors (Lipinski definition) is 7. The number of aromatic amines is 1. The zero-order valence-corrected chi connectivity index (χ0v) is 20.5. The number of amides is 3. The molecule has 1 aliphatic carbocycles. The third kappa shape index (κ3) is 4.34. The molecule has 0 atom stereocenters. The Hall–Kier alpha value is -3.53. The van der Waals surface area contributed by atoms with Crippen LogP contribution in [0.4, 0.5) is 4.79 Å². The van der Waals surface area contributed by atoms with Gasteiger partial charge in [0.2, 0.25) is 6.79 Å². The van der Waals surface area contributed by atoms with Gasteiger partial charge in [-0.15, -0.1) is 0 Å². The first-order chi connectivity index (χ1) is 16.6. The molecule has 3 amide bonds. The monoisotopic (exact) mass is 495 g/mol. The first-order valence-electron chi connectivity index (χ1n) is 11.3. The van der Waals surface area contributed by atoms with Gasteiger partial charge in [0.25, 0.3) is 17.1 Å². The van der Waals surface area contributed by atoms with Crippen LogP contribution in [0.1, 0.15) is 57.9 Å². The number of carbonyl (C=O) groups excluding carboxylic acids is 4. The van der Waals surface area contributed by atoms with Crippen molar-refractivity contribution in [2.45, 2.75) is 33.6 Å². The highest BCUT2D eigenvalue weighted by atomic mass is 32.2. The number of H-pyrrole nitrogens is 1. The third-order valence-corrected chi connectivity index (χ3v) is 7.22. The maximum Gasteiger partial charge on any atom is 0.293 e. The van der Waals surface area contributed by atoms with Gasteiger partial charge in [-0.3, -0.25) is 24.1 Å². The number of thioether (sulfide) groups is 1. The van der Waals surface area contributed by atoms with Gasteiger partial charge in [0.1, 0.15) is 5.69 Å². The van der Waals surface area contributed by atoms with Crippen LogP contribution in [0.25, 0.3) is 6.08 Å². The van der Waals surface area contributed by atoms with Crippen LogP contribution in [0.2, 0.25) is 0 Å². The largest absolute Gasteiger partial charge is 0.454 e. The second kappa shape index (κ2) is 8.60. The lowest BCUT2D eigenvalue weighted by molar-refractivity contribution is -0.122. The quantitative estimate of drug-likeness (QED) is 0.608. The van der Waals surface area contributed by atoms with Gasteiger partial charge in [0.05, 0.1) is 4.91 Å². The Morgan fingerprint density at radius 1 is 1.20 bits per heavy atom. The van der Waals surface area contributed by atoms with Crippen molar-refractivity contribution in [3.8, 4) is 11.5 Å². The Bertz CT molecular complexity index is 1310. The summed E-state index contributed by atoms with van der Waals surface area (Å²) >= 11 is 0.856. The van der Waals surface area contributed by atoms with Gasteiger partial charge in [0.15, 0.2) is 17.3 Å². The maximum absolute atomic E-state index is 12.8. The van der Waals surface area contributed by atoms with E-state index in [4.69, 9.17) is 9.47 Å². The fourth-order valence-electron chi connectivity index (χ4n) is 4.68. The van der Waals surface area contributed by atoms with Crippen LogP contribution >= 0.6 is 11.8 Å². The van der Waals surface area contributed by atoms with E-state index in [2.05, 4.69) is 10.3 Å². The molecule has 1 aromatic heterocycles. The maximum atomic E-state index is 12.8. The van der Waals surface area contributed by atoms with Gasteiger partial charge >= 0.3 is 0 Å². The number of nitrogens with one attached hydrogen (secondary N) is 2. The van der Waals surface area contributed by atoms with Crippen LogP contribution in [0.15, 0.2) is 23.1 Å². The first-order valence-corrected chi connectivity index (χ1v) is 12.1. The van der Waals surface area contributed by atoms with Crippen LogP contribution < -0.4 is 14.8 Å². The van der Waals surface area contributed by atoms with Crippen molar-refractivity contribution in [3.63, 3.8) is 0 Å². The minimum Gasteiger partial charge on any atom is -0.454 e. The summed E-state index contributed by atoms with van der Waals surface area (Å²) in [5.41, 5.74) is 2.93. The molecule has 3 aliphatic rings. The molecule has 182 valence electrons. The van der Waals surface area contributed by atoms with Gasteiger partial charge < -0.3 is 19.8 Å². The molecule has 9 nitrogen and oxygen atoms in total. The molecule has 0 saturated carbocycles. The average Bonchev–Trinajstić information content (AvgIpc) is 3.45. The number of imide groups is 1. The Morgan fingerprint density at radius 3 is 2.77 bits per heavy atom. The molecule has 10 heteroatoms. The van der Waals surface area contributed by atoms with Crippen LogP contribution in [0, 0.1) is 12.3 Å². The second-order valence-electron chi connectivity index (χ2n) is 9.62. The van der Waals surface area contributed by atoms with Gasteiger partial charge in [-0.2, -0.15) is 0 Å². The molecule has 2 N–H and O–H groups in total. The predicted octanol–water partition coefficient (Wildman–Crippen LogP) is 3.67. The molecule has 0 unspecified atom stereocenters. The molecular formula is C25H25N3O6S. The molecule has 0 spiro atoms. The van der Waals surface area contributed by atoms with Crippen molar-refractivity contribution < 1.29 is 28.7 Å². The summed E-state index contributed by atoms with van der Waals surface area (Å²) in [6.07, 6.45) is 2.77. The number of fused-ring (bicyclic) bond motifs is 2. The van der Waals surface area contributed by atoms with E-state index >= 15 is 0 Å². The standard InChI is InChI=1S/C25H25N3O6S/c1-13-20-15(10-25(2,3)11-16(20)29)27-21(13)22(30)26-6-7-28-23(31)19(35-24(28)32)9-14-4-5-17-18(8-14)34-12-33-17/h4-5,8-9,27H,6-7,10-12H2,1-3H3,(H,26,30)/b19-9+. The van der Waals surface area contributed by atoms with Crippen LogP contribution in [-0.2, 0) is 11.2 Å². The molecule has 0 bridgehead atoms. The van der Waals surface area contributed by atoms with Gasteiger partial charge in [-0.25, -0.2) is 0 Å². The molecule has 2 aliphatic heterocycles. The summed E-state index contributed by atoms with van der Waals surface area (Å²) in [7, 11) is 0. The molecule has 35 heavy (non-hydrogen) atoms. The van der Waals surface area contributed by atoms with Gasteiger partial charge in [-0.05, 0) is 59.9 Å². The molecule has 1 saturated heterocycles. The zero-order valence-electron chi connectivity index (χ0n) is 19.6. The predicted molar refractivity (Wildman–Crippen MR) is 130 cm³/mol. The highest BCUT2D eigenvalue weighted by Gasteiger charge is 2.36. The molecule has 2 aromatic rings. The van der Waals surface area contributed by atoms with E-state index in [1.807, 2.05) is 13.8 Å². The average molecular weight is 496 g/mol. The van der Waals surface area contributed by atoms with E-state index in [1.165, 1.54) is 0 Å². The fraction of sp³-hybridized carbons (Fsp3) is 0.360. The van der Waals surface area contributed by atoms with E-state index in [0.717, 1.165) is 27.9 Å². The van der Waals surface area contributed by atoms with Crippen molar-refractivity contribution >= 4 is 40.7 Å². The van der Waals surface area contributed by atoms with E-state index in [9.17, 15) is 19.2 Å². The van der Waals surface area contributed by atoms with Crippen molar-refractivity contribution in [1.29, 1.82) is 0 Å². The van der Waals surface area contributed by atoms with Crippen LogP contribution in [0.5, 0.6) is 11.5 Å². The SMILES string of the molecule is Cc1c(C(=O)NCCN2C(=O)S/C(=C/c3ccc4c(c3)OCO4)C2=O)[nH]c2c1C(=O)CC(C)(C)C2. The van der Waals surface area contributed by atoms with E-state index in [0.29, 0.717) is 46.1 Å². The number of carbonyl (C=O) groups is 4. The second-order valence-corrected chi connectivity index (χ2v) is 10.6. The van der Waals surface area contributed by atoms with Crippen LogP contribution in [0.3, 0.4) is 0 Å². The van der Waals surface area contributed by atoms with Crippen molar-refractivity contribution in [2.75, 3.05) is 19.9 Å². The number of ether oxygens (including phenoxy) is 2. The van der Waals surface area contributed by atoms with Gasteiger partial charge in [-0.1, -0.05) is 19.9 Å². The molecular weight excluding hydrogens is 470 g/mol. The Balaban J connectivity index is 1.22. The molecule has 0 radical (unpaired) electrons. The zero-order chi connectivity index (χ0) is 24.9. The lowest BCUT2D eigenvalue weighted by Crippen LogP contribution is -2.37. The van der Waals surface area contributed by atoms with Crippen LogP contribution in [-0.4, -0.2) is 52.6 Å². The molecule has 1 fully saturated rings. The smallest absolute Gasteiger partial charge is 0.293 e. The summed E-state index contributed by atoms with van der Waals surface area (Å²) < 4.78 is 10.6. The number of aromatic nitrogens is 1. The third-order valence-electron chi connectivity index (χ3n) is 6.32. The molecule has 5 rings (SSSR count). The number of ketones is 1. The van der Waals surface area contributed by atoms with Crippen molar-refractivity contribution in [2.24, 2.45) is 5.41 Å². The number of rotatable bonds is 5. The number of nitrogens with zero attached hydrogens (tertiary/aromatic N) is 1. The Morgan fingerprint density at radius 2 is 1.97 bits per heavy atom. The lowest BCUT2D eigenvalue weighted by Gasteiger charge is -2.28. The summed E-state index contributed by atoms with van der Waals surface area (Å²) in [5.74, 6) is 0.484. The van der Waals surface area contributed by atoms with E-state index in [-0.39, 0.29) is 37.0 Å². The van der Waals surface area contributed by atoms with Crippen molar-refractivity contribution in [3.05, 3.63) is 51.2 Å². The normalized spacial score (nSPS) is 19.5.